The molecule has 0 unspecified atom stereocenters. The fourth-order valence-electron chi connectivity index (χ4n) is 4.07. The molecule has 1 aromatic carbocycles. The van der Waals surface area contributed by atoms with Crippen LogP contribution in [-0.2, 0) is 16.1 Å². The fourth-order valence-corrected chi connectivity index (χ4v) is 4.07. The van der Waals surface area contributed by atoms with E-state index >= 15 is 0 Å². The zero-order valence-electron chi connectivity index (χ0n) is 16.7. The smallest absolute Gasteiger partial charge is 0.325 e. The number of hydrogen-bond acceptors (Lipinski definition) is 4. The van der Waals surface area contributed by atoms with E-state index in [0.29, 0.717) is 25.9 Å². The van der Waals surface area contributed by atoms with Gasteiger partial charge in [0.15, 0.2) is 0 Å². The molecule has 3 rings (SSSR count). The lowest BCUT2D eigenvalue weighted by Crippen LogP contribution is -2.44. The van der Waals surface area contributed by atoms with Gasteiger partial charge in [0, 0.05) is 26.1 Å². The van der Waals surface area contributed by atoms with Crippen molar-refractivity contribution in [2.24, 2.45) is 0 Å². The monoisotopic (exact) mass is 387 g/mol. The van der Waals surface area contributed by atoms with Gasteiger partial charge in [-0.1, -0.05) is 25.0 Å². The second-order valence-electron chi connectivity index (χ2n) is 7.54. The van der Waals surface area contributed by atoms with Gasteiger partial charge in [0.1, 0.15) is 11.3 Å². The number of ether oxygens (including phenoxy) is 1. The van der Waals surface area contributed by atoms with Crippen LogP contribution < -0.4 is 10.1 Å². The number of methoxy groups -OCH3 is 1. The summed E-state index contributed by atoms with van der Waals surface area (Å²) in [6.07, 6.45) is 4.17. The van der Waals surface area contributed by atoms with Crippen LogP contribution in [0.3, 0.4) is 0 Å². The zero-order chi connectivity index (χ0) is 20.1. The molecule has 0 radical (unpaired) electrons. The Bertz CT molecular complexity index is 726. The summed E-state index contributed by atoms with van der Waals surface area (Å²) < 4.78 is 5.16. The lowest BCUT2D eigenvalue weighted by Gasteiger charge is -2.22. The quantitative estimate of drug-likeness (QED) is 0.696. The van der Waals surface area contributed by atoms with E-state index in [-0.39, 0.29) is 24.4 Å². The molecule has 1 saturated heterocycles. The number of carbonyl (C=O) groups excluding carboxylic acids is 3. The second kappa shape index (κ2) is 8.63. The minimum absolute atomic E-state index is 0.0287. The average molecular weight is 387 g/mol. The van der Waals surface area contributed by atoms with Crippen molar-refractivity contribution in [3.63, 3.8) is 0 Å². The molecule has 1 aliphatic carbocycles. The van der Waals surface area contributed by atoms with Crippen molar-refractivity contribution in [3.05, 3.63) is 29.8 Å². The molecule has 1 spiro atoms. The molecule has 1 saturated carbocycles. The Morgan fingerprint density at radius 3 is 2.50 bits per heavy atom. The summed E-state index contributed by atoms with van der Waals surface area (Å²) in [6.45, 7) is 3.38. The first-order valence-electron chi connectivity index (χ1n) is 10.0. The molecule has 0 aromatic heterocycles. The maximum absolute atomic E-state index is 12.6. The average Bonchev–Trinajstić information content (AvgIpc) is 3.26. The van der Waals surface area contributed by atoms with E-state index in [1.165, 1.54) is 4.90 Å². The molecule has 1 N–H and O–H groups in total. The summed E-state index contributed by atoms with van der Waals surface area (Å²) in [5, 5.41) is 2.88. The third-order valence-electron chi connectivity index (χ3n) is 5.74. The molecule has 7 heteroatoms. The van der Waals surface area contributed by atoms with Gasteiger partial charge < -0.3 is 15.0 Å². The molecule has 2 fully saturated rings. The first-order valence-corrected chi connectivity index (χ1v) is 10.0. The van der Waals surface area contributed by atoms with Crippen LogP contribution in [0.25, 0.3) is 0 Å². The second-order valence-corrected chi connectivity index (χ2v) is 7.54. The zero-order valence-corrected chi connectivity index (χ0v) is 16.7. The van der Waals surface area contributed by atoms with Crippen LogP contribution in [0.5, 0.6) is 5.75 Å². The van der Waals surface area contributed by atoms with Crippen LogP contribution in [0.2, 0.25) is 0 Å². The predicted molar refractivity (Wildman–Crippen MR) is 105 cm³/mol. The standard InChI is InChI=1S/C21H29N3O4/c1-3-23(15-16-8-10-17(28-2)11-9-16)18(25)7-6-14-24-19(26)21(22-20(24)27)12-4-5-13-21/h8-11H,3-7,12-15H2,1-2H3,(H,22,27). The Morgan fingerprint density at radius 1 is 1.21 bits per heavy atom. The number of nitrogens with zero attached hydrogens (tertiary/aromatic N) is 2. The first-order chi connectivity index (χ1) is 13.5. The molecule has 1 heterocycles. The number of nitrogens with one attached hydrogen (secondary N) is 1. The number of rotatable bonds is 8. The van der Waals surface area contributed by atoms with Gasteiger partial charge in [-0.15, -0.1) is 0 Å². The maximum atomic E-state index is 12.6. The molecule has 28 heavy (non-hydrogen) atoms. The Kier molecular flexibility index (Phi) is 6.21. The van der Waals surface area contributed by atoms with Gasteiger partial charge in [0.25, 0.3) is 5.91 Å². The predicted octanol–water partition coefficient (Wildman–Crippen LogP) is 2.69. The molecule has 152 valence electrons. The molecule has 2 aliphatic rings. The molecule has 7 nitrogen and oxygen atoms in total. The van der Waals surface area contributed by atoms with Gasteiger partial charge in [-0.3, -0.25) is 14.5 Å². The van der Waals surface area contributed by atoms with E-state index < -0.39 is 5.54 Å². The van der Waals surface area contributed by atoms with E-state index in [9.17, 15) is 14.4 Å². The fraction of sp³-hybridized carbons (Fsp3) is 0.571. The first kappa shape index (κ1) is 20.2. The Labute approximate surface area is 166 Å². The molecular weight excluding hydrogens is 358 g/mol. The third-order valence-corrected chi connectivity index (χ3v) is 5.74. The summed E-state index contributed by atoms with van der Waals surface area (Å²) in [7, 11) is 1.62. The van der Waals surface area contributed by atoms with Crippen molar-refractivity contribution < 1.29 is 19.1 Å². The number of urea groups is 1. The number of imide groups is 1. The van der Waals surface area contributed by atoms with Crippen molar-refractivity contribution in [1.29, 1.82) is 0 Å². The normalized spacial score (nSPS) is 17.9. The highest BCUT2D eigenvalue weighted by Gasteiger charge is 2.52. The van der Waals surface area contributed by atoms with E-state index in [2.05, 4.69) is 5.32 Å². The minimum Gasteiger partial charge on any atom is -0.497 e. The molecule has 0 bridgehead atoms. The largest absolute Gasteiger partial charge is 0.497 e. The summed E-state index contributed by atoms with van der Waals surface area (Å²) >= 11 is 0. The lowest BCUT2D eigenvalue weighted by atomic mass is 9.98. The molecule has 0 atom stereocenters. The molecular formula is C21H29N3O4. The molecule has 1 aromatic rings. The van der Waals surface area contributed by atoms with Crippen LogP contribution in [0.15, 0.2) is 24.3 Å². The minimum atomic E-state index is -0.676. The number of hydrogen-bond donors (Lipinski definition) is 1. The van der Waals surface area contributed by atoms with Gasteiger partial charge >= 0.3 is 6.03 Å². The SMILES string of the molecule is CCN(Cc1ccc(OC)cc1)C(=O)CCCN1C(=O)NC2(CCCC2)C1=O. The van der Waals surface area contributed by atoms with Gasteiger partial charge in [0.2, 0.25) is 5.91 Å². The van der Waals surface area contributed by atoms with Gasteiger partial charge in [-0.25, -0.2) is 4.79 Å². The van der Waals surface area contributed by atoms with Crippen molar-refractivity contribution in [3.8, 4) is 5.75 Å². The Hall–Kier alpha value is -2.57. The van der Waals surface area contributed by atoms with E-state index in [0.717, 1.165) is 37.0 Å². The number of carbonyl (C=O) groups is 3. The summed E-state index contributed by atoms with van der Waals surface area (Å²) in [5.41, 5.74) is 0.360. The van der Waals surface area contributed by atoms with Crippen molar-refractivity contribution in [1.82, 2.24) is 15.1 Å². The highest BCUT2D eigenvalue weighted by atomic mass is 16.5. The Balaban J connectivity index is 1.49. The Morgan fingerprint density at radius 2 is 1.89 bits per heavy atom. The third kappa shape index (κ3) is 4.13. The van der Waals surface area contributed by atoms with E-state index in [1.54, 1.807) is 12.0 Å². The van der Waals surface area contributed by atoms with Crippen molar-refractivity contribution >= 4 is 17.8 Å². The summed E-state index contributed by atoms with van der Waals surface area (Å²) in [4.78, 5) is 40.5. The lowest BCUT2D eigenvalue weighted by molar-refractivity contribution is -0.133. The van der Waals surface area contributed by atoms with Crippen molar-refractivity contribution in [2.75, 3.05) is 20.2 Å². The van der Waals surface area contributed by atoms with Gasteiger partial charge in [0.05, 0.1) is 7.11 Å². The molecule has 4 amide bonds. The maximum Gasteiger partial charge on any atom is 0.325 e. The van der Waals surface area contributed by atoms with Crippen LogP contribution in [-0.4, -0.2) is 53.4 Å². The number of benzene rings is 1. The van der Waals surface area contributed by atoms with E-state index in [1.807, 2.05) is 31.2 Å². The van der Waals surface area contributed by atoms with Crippen molar-refractivity contribution in [2.45, 2.75) is 57.5 Å². The highest BCUT2D eigenvalue weighted by molar-refractivity contribution is 6.07. The van der Waals surface area contributed by atoms with Crippen LogP contribution in [0.4, 0.5) is 4.79 Å². The van der Waals surface area contributed by atoms with Gasteiger partial charge in [-0.05, 0) is 43.9 Å². The summed E-state index contributed by atoms with van der Waals surface area (Å²) in [5.74, 6) is 0.695. The van der Waals surface area contributed by atoms with Crippen LogP contribution in [0.1, 0.15) is 51.0 Å². The molecule has 1 aliphatic heterocycles. The topological polar surface area (TPSA) is 79.0 Å². The van der Waals surface area contributed by atoms with Gasteiger partial charge in [-0.2, -0.15) is 0 Å². The highest BCUT2D eigenvalue weighted by Crippen LogP contribution is 2.35. The summed E-state index contributed by atoms with van der Waals surface area (Å²) in [6, 6.07) is 7.34. The van der Waals surface area contributed by atoms with Crippen LogP contribution in [0, 0.1) is 0 Å². The van der Waals surface area contributed by atoms with Crippen LogP contribution >= 0.6 is 0 Å². The van der Waals surface area contributed by atoms with E-state index in [4.69, 9.17) is 4.74 Å². The number of amides is 4.